The highest BCUT2D eigenvalue weighted by Gasteiger charge is 2.27. The van der Waals surface area contributed by atoms with Gasteiger partial charge in [0.15, 0.2) is 23.0 Å². The second kappa shape index (κ2) is 13.8. The minimum absolute atomic E-state index is 0.0526. The molecule has 0 aliphatic heterocycles. The summed E-state index contributed by atoms with van der Waals surface area (Å²) < 4.78 is 39.8. The number of hydrogen-bond acceptors (Lipinski definition) is 9. The molecule has 0 radical (unpaired) electrons. The summed E-state index contributed by atoms with van der Waals surface area (Å²) in [5.74, 6) is -2.50. The molecule has 0 unspecified atom stereocenters. The van der Waals surface area contributed by atoms with E-state index >= 15 is 4.39 Å². The Morgan fingerprint density at radius 1 is 1.18 bits per heavy atom. The van der Waals surface area contributed by atoms with Crippen molar-refractivity contribution in [2.24, 2.45) is 5.10 Å². The van der Waals surface area contributed by atoms with E-state index in [1.165, 1.54) is 43.5 Å². The van der Waals surface area contributed by atoms with Crippen LogP contribution in [0.5, 0.6) is 11.5 Å². The maximum Gasteiger partial charge on any atom is 0.283 e. The Balaban J connectivity index is 1.53. The fourth-order valence-corrected chi connectivity index (χ4v) is 4.41. The second-order valence-corrected chi connectivity index (χ2v) is 9.84. The normalized spacial score (nSPS) is 12.8. The van der Waals surface area contributed by atoms with Crippen molar-refractivity contribution >= 4 is 46.8 Å². The number of nitrogens with zero attached hydrogens (tertiary/aromatic N) is 4. The van der Waals surface area contributed by atoms with Gasteiger partial charge in [0.1, 0.15) is 22.5 Å². The number of allylic oxidation sites excluding steroid dienone is 1. The number of H-pyrrole nitrogens is 1. The first-order valence-corrected chi connectivity index (χ1v) is 13.4. The van der Waals surface area contributed by atoms with Crippen molar-refractivity contribution in [1.29, 1.82) is 0 Å². The zero-order chi connectivity index (χ0) is 31.9. The Labute approximate surface area is 251 Å². The Hall–Kier alpha value is -5.21. The monoisotopic (exact) mass is 607 g/mol. The van der Waals surface area contributed by atoms with E-state index in [1.54, 1.807) is 13.2 Å². The topological polar surface area (TPSA) is 154 Å². The summed E-state index contributed by atoms with van der Waals surface area (Å²) in [4.78, 5) is 30.3. The number of carbonyl (C=O) groups excluding carboxylic acids is 2. The van der Waals surface area contributed by atoms with Gasteiger partial charge >= 0.3 is 0 Å². The minimum atomic E-state index is -0.826. The summed E-state index contributed by atoms with van der Waals surface area (Å²) in [6, 6.07) is 10.2. The van der Waals surface area contributed by atoms with Crippen LogP contribution in [0.1, 0.15) is 20.3 Å². The number of aromatic nitrogens is 3. The third kappa shape index (κ3) is 7.04. The van der Waals surface area contributed by atoms with E-state index in [1.807, 2.05) is 6.92 Å². The van der Waals surface area contributed by atoms with Crippen molar-refractivity contribution in [3.05, 3.63) is 78.0 Å². The molecule has 0 spiro atoms. The number of halogens is 2. The highest BCUT2D eigenvalue weighted by Crippen LogP contribution is 2.36. The summed E-state index contributed by atoms with van der Waals surface area (Å²) in [6.45, 7) is 6.88. The number of aliphatic hydroxyl groups is 1. The lowest BCUT2D eigenvalue weighted by Gasteiger charge is -2.29. The third-order valence-corrected chi connectivity index (χ3v) is 6.55. The third-order valence-electron chi connectivity index (χ3n) is 6.55. The zero-order valence-corrected chi connectivity index (χ0v) is 24.2. The van der Waals surface area contributed by atoms with Crippen LogP contribution in [0.25, 0.3) is 11.0 Å². The molecule has 0 aliphatic carbocycles. The molecule has 14 heteroatoms. The highest BCUT2D eigenvalue weighted by atomic mass is 19.1. The van der Waals surface area contributed by atoms with Crippen LogP contribution < -0.4 is 20.4 Å². The van der Waals surface area contributed by atoms with E-state index < -0.39 is 29.0 Å². The number of carbonyl (C=O) groups is 2. The smallest absolute Gasteiger partial charge is 0.283 e. The Morgan fingerprint density at radius 3 is 2.57 bits per heavy atom. The minimum Gasteiger partial charge on any atom is -0.453 e. The molecule has 0 aliphatic rings. The summed E-state index contributed by atoms with van der Waals surface area (Å²) in [7, 11) is 1.54. The predicted molar refractivity (Wildman–Crippen MR) is 162 cm³/mol. The van der Waals surface area contributed by atoms with Crippen molar-refractivity contribution in [2.75, 3.05) is 36.0 Å². The second-order valence-electron chi connectivity index (χ2n) is 9.84. The number of benzene rings is 2. The van der Waals surface area contributed by atoms with Crippen molar-refractivity contribution < 1.29 is 33.0 Å². The molecule has 0 bridgehead atoms. The molecule has 12 nitrogen and oxygen atoms in total. The number of nitrogens with one attached hydrogen (secondary N) is 3. The molecule has 2 aromatic carbocycles. The maximum absolute atomic E-state index is 15.2. The fraction of sp³-hybridized carbons (Fsp3) is 0.233. The number of pyridine rings is 1. The molecular weight excluding hydrogens is 576 g/mol. The lowest BCUT2D eigenvalue weighted by atomic mass is 9.99. The standard InChI is InChI=1S/C30H31F2N7O5/c1-5-21(29(42)39(33-3)20-9-6-18(31)7-10-20)28(41)35-19-8-11-23(22(32)16-19)44-24-12-14-34-26-25(24)27(38-37-26)36-30(2,13-15-40)17-43-4/h5-12,14,16,40H,3,13,15,17H2,1-2,4H3,(H,35,41)(H2,34,36,37,38)/b21-5-/t30-/m0/s1. The van der Waals surface area contributed by atoms with Gasteiger partial charge in [-0.15, -0.1) is 0 Å². The largest absolute Gasteiger partial charge is 0.453 e. The van der Waals surface area contributed by atoms with Crippen LogP contribution in [0, 0.1) is 11.6 Å². The average molecular weight is 608 g/mol. The number of hydrogen-bond donors (Lipinski definition) is 4. The molecule has 230 valence electrons. The van der Waals surface area contributed by atoms with Crippen LogP contribution in [-0.4, -0.2) is 64.7 Å². The molecule has 4 N–H and O–H groups in total. The predicted octanol–water partition coefficient (Wildman–Crippen LogP) is 4.76. The van der Waals surface area contributed by atoms with E-state index in [9.17, 15) is 19.1 Å². The van der Waals surface area contributed by atoms with Crippen LogP contribution in [0.4, 0.5) is 26.0 Å². The number of fused-ring (bicyclic) bond motifs is 1. The van der Waals surface area contributed by atoms with Gasteiger partial charge in [-0.2, -0.15) is 15.2 Å². The zero-order valence-electron chi connectivity index (χ0n) is 24.2. The first kappa shape index (κ1) is 31.7. The van der Waals surface area contributed by atoms with E-state index in [0.717, 1.165) is 23.2 Å². The maximum atomic E-state index is 15.2. The van der Waals surface area contributed by atoms with Gasteiger partial charge in [0.2, 0.25) is 0 Å². The number of methoxy groups -OCH3 is 1. The van der Waals surface area contributed by atoms with Gasteiger partial charge < -0.3 is 25.2 Å². The van der Waals surface area contributed by atoms with Crippen molar-refractivity contribution in [3.63, 3.8) is 0 Å². The summed E-state index contributed by atoms with van der Waals surface area (Å²) in [6.07, 6.45) is 3.11. The molecule has 4 rings (SSSR count). The Morgan fingerprint density at radius 2 is 1.93 bits per heavy atom. The van der Waals surface area contributed by atoms with Crippen LogP contribution in [0.15, 0.2) is 71.5 Å². The SMILES string of the molecule is C=NN(C(=O)/C(=C\C)C(=O)Nc1ccc(Oc2ccnc3[nH]nc(N[C@@](C)(CCO)COC)c23)c(F)c1)c1ccc(F)cc1. The quantitative estimate of drug-likeness (QED) is 0.0558. The number of aliphatic hydroxyl groups excluding tert-OH is 1. The molecule has 2 aromatic heterocycles. The van der Waals surface area contributed by atoms with Gasteiger partial charge in [0, 0.05) is 44.5 Å². The molecular formula is C30H31F2N7O5. The Bertz CT molecular complexity index is 1690. The van der Waals surface area contributed by atoms with Gasteiger partial charge in [0.25, 0.3) is 11.8 Å². The molecule has 2 heterocycles. The van der Waals surface area contributed by atoms with Crippen molar-refractivity contribution in [2.45, 2.75) is 25.8 Å². The van der Waals surface area contributed by atoms with E-state index in [4.69, 9.17) is 9.47 Å². The first-order valence-electron chi connectivity index (χ1n) is 13.4. The molecule has 2 amide bonds. The number of hydrazone groups is 1. The molecule has 0 saturated carbocycles. The molecule has 4 aromatic rings. The van der Waals surface area contributed by atoms with Crippen LogP contribution >= 0.6 is 0 Å². The average Bonchev–Trinajstić information content (AvgIpc) is 3.39. The van der Waals surface area contributed by atoms with Crippen LogP contribution in [-0.2, 0) is 14.3 Å². The molecule has 0 fully saturated rings. The van der Waals surface area contributed by atoms with Gasteiger partial charge in [-0.1, -0.05) is 6.08 Å². The number of anilines is 3. The van der Waals surface area contributed by atoms with Crippen LogP contribution in [0.2, 0.25) is 0 Å². The lowest BCUT2D eigenvalue weighted by molar-refractivity contribution is -0.119. The van der Waals surface area contributed by atoms with Gasteiger partial charge in [-0.25, -0.2) is 13.8 Å². The van der Waals surface area contributed by atoms with Gasteiger partial charge in [-0.05, 0) is 56.7 Å². The van der Waals surface area contributed by atoms with Gasteiger partial charge in [0.05, 0.1) is 17.8 Å². The fourth-order valence-electron chi connectivity index (χ4n) is 4.41. The number of aromatic amines is 1. The number of amides is 2. The summed E-state index contributed by atoms with van der Waals surface area (Å²) >= 11 is 0. The highest BCUT2D eigenvalue weighted by molar-refractivity contribution is 6.26. The van der Waals surface area contributed by atoms with Gasteiger partial charge in [-0.3, -0.25) is 14.7 Å². The Kier molecular flexibility index (Phi) is 9.98. The lowest BCUT2D eigenvalue weighted by Crippen LogP contribution is -2.40. The van der Waals surface area contributed by atoms with E-state index in [-0.39, 0.29) is 41.7 Å². The summed E-state index contributed by atoms with van der Waals surface area (Å²) in [5, 5.41) is 27.3. The van der Waals surface area contributed by atoms with Crippen molar-refractivity contribution in [1.82, 2.24) is 15.2 Å². The van der Waals surface area contributed by atoms with Crippen LogP contribution in [0.3, 0.4) is 0 Å². The van der Waals surface area contributed by atoms with E-state index in [2.05, 4.69) is 37.6 Å². The number of rotatable bonds is 13. The first-order chi connectivity index (χ1) is 21.1. The van der Waals surface area contributed by atoms with Crippen molar-refractivity contribution in [3.8, 4) is 11.5 Å². The van der Waals surface area contributed by atoms with E-state index in [0.29, 0.717) is 23.3 Å². The molecule has 44 heavy (non-hydrogen) atoms. The number of ether oxygens (including phenoxy) is 2. The molecule has 1 atom stereocenters. The molecule has 0 saturated heterocycles. The summed E-state index contributed by atoms with van der Waals surface area (Å²) in [5.41, 5.74) is -0.344.